The first-order chi connectivity index (χ1) is 15.8. The fourth-order valence-electron chi connectivity index (χ4n) is 4.53. The Morgan fingerprint density at radius 2 is 1.75 bits per heavy atom. The lowest BCUT2D eigenvalue weighted by Gasteiger charge is -2.31. The molecule has 0 bridgehead atoms. The molecule has 1 aliphatic heterocycles. The van der Waals surface area contributed by atoms with Crippen molar-refractivity contribution >= 4 is 5.91 Å². The molecule has 4 nitrogen and oxygen atoms in total. The molecule has 2 heterocycles. The molecule has 0 aliphatic carbocycles. The van der Waals surface area contributed by atoms with Crippen molar-refractivity contribution in [2.45, 2.75) is 64.6 Å². The largest absolute Gasteiger partial charge is 0.489 e. The molecular weight excluding hydrogens is 396 g/mol. The van der Waals surface area contributed by atoms with E-state index in [1.165, 1.54) is 18.5 Å². The van der Waals surface area contributed by atoms with Gasteiger partial charge in [0.1, 0.15) is 12.4 Å². The van der Waals surface area contributed by atoms with Gasteiger partial charge in [0, 0.05) is 31.4 Å². The summed E-state index contributed by atoms with van der Waals surface area (Å²) >= 11 is 0. The van der Waals surface area contributed by atoms with Gasteiger partial charge in [-0.25, -0.2) is 0 Å². The number of aromatic nitrogens is 1. The van der Waals surface area contributed by atoms with Gasteiger partial charge in [0.25, 0.3) is 0 Å². The molecule has 1 atom stereocenters. The highest BCUT2D eigenvalue weighted by Gasteiger charge is 2.30. The summed E-state index contributed by atoms with van der Waals surface area (Å²) in [7, 11) is 0. The Balaban J connectivity index is 1.51. The minimum absolute atomic E-state index is 0.0469. The second-order valence-electron chi connectivity index (χ2n) is 8.62. The Bertz CT molecular complexity index is 978. The van der Waals surface area contributed by atoms with Crippen LogP contribution in [0.1, 0.15) is 68.3 Å². The molecular formula is C28H34N2O2. The summed E-state index contributed by atoms with van der Waals surface area (Å²) in [6, 6.07) is 22.7. The van der Waals surface area contributed by atoms with Crippen molar-refractivity contribution in [3.8, 4) is 5.75 Å². The molecule has 1 aliphatic rings. The molecule has 1 amide bonds. The minimum Gasteiger partial charge on any atom is -0.489 e. The summed E-state index contributed by atoms with van der Waals surface area (Å²) in [6.45, 7) is 4.50. The van der Waals surface area contributed by atoms with Crippen molar-refractivity contribution in [1.29, 1.82) is 0 Å². The molecule has 0 saturated carbocycles. The second kappa shape index (κ2) is 11.0. The molecule has 0 unspecified atom stereocenters. The standard InChI is InChI=1S/C28H34N2O2/c1-2-3-4-8-14-27(31)30-21-10-20-29-19-9-13-26(29)28(30)24-15-17-25(18-16-24)32-22-23-11-6-5-7-12-23/h5-7,9,11-13,15-19,28H,2-4,8,10,14,20-22H2,1H3/t28-/m0/s1. The smallest absolute Gasteiger partial charge is 0.223 e. The van der Waals surface area contributed by atoms with Crippen molar-refractivity contribution < 1.29 is 9.53 Å². The lowest BCUT2D eigenvalue weighted by atomic mass is 10.0. The number of ether oxygens (including phenoxy) is 1. The van der Waals surface area contributed by atoms with Crippen molar-refractivity contribution in [2.75, 3.05) is 6.54 Å². The predicted octanol–water partition coefficient (Wildman–Crippen LogP) is 6.36. The number of amides is 1. The van der Waals surface area contributed by atoms with Gasteiger partial charge in [-0.05, 0) is 48.2 Å². The van der Waals surface area contributed by atoms with Crippen LogP contribution in [0.25, 0.3) is 0 Å². The lowest BCUT2D eigenvalue weighted by molar-refractivity contribution is -0.133. The highest BCUT2D eigenvalue weighted by atomic mass is 16.5. The van der Waals surface area contributed by atoms with Crippen LogP contribution in [0.3, 0.4) is 0 Å². The fourth-order valence-corrected chi connectivity index (χ4v) is 4.53. The molecule has 0 saturated heterocycles. The molecule has 0 fully saturated rings. The van der Waals surface area contributed by atoms with Crippen molar-refractivity contribution in [2.24, 2.45) is 0 Å². The van der Waals surface area contributed by atoms with Gasteiger partial charge in [0.05, 0.1) is 6.04 Å². The van der Waals surface area contributed by atoms with Gasteiger partial charge in [-0.1, -0.05) is 68.7 Å². The van der Waals surface area contributed by atoms with Crippen LogP contribution >= 0.6 is 0 Å². The Kier molecular flexibility index (Phi) is 7.65. The number of nitrogens with zero attached hydrogens (tertiary/aromatic N) is 2. The number of hydrogen-bond acceptors (Lipinski definition) is 2. The summed E-state index contributed by atoms with van der Waals surface area (Å²) in [5.41, 5.74) is 3.49. The number of unbranched alkanes of at least 4 members (excludes halogenated alkanes) is 3. The highest BCUT2D eigenvalue weighted by molar-refractivity contribution is 5.77. The van der Waals surface area contributed by atoms with E-state index in [9.17, 15) is 4.79 Å². The number of carbonyl (C=O) groups is 1. The van der Waals surface area contributed by atoms with E-state index >= 15 is 0 Å². The van der Waals surface area contributed by atoms with E-state index in [2.05, 4.69) is 59.0 Å². The molecule has 3 aromatic rings. The van der Waals surface area contributed by atoms with E-state index in [0.29, 0.717) is 13.0 Å². The molecule has 32 heavy (non-hydrogen) atoms. The Morgan fingerprint density at radius 1 is 0.938 bits per heavy atom. The number of rotatable bonds is 9. The first-order valence-electron chi connectivity index (χ1n) is 12.0. The van der Waals surface area contributed by atoms with Gasteiger partial charge in [0.15, 0.2) is 0 Å². The van der Waals surface area contributed by atoms with Crippen LogP contribution in [0.5, 0.6) is 5.75 Å². The third-order valence-corrected chi connectivity index (χ3v) is 6.26. The van der Waals surface area contributed by atoms with Crippen LogP contribution in [0.2, 0.25) is 0 Å². The van der Waals surface area contributed by atoms with Gasteiger partial charge in [-0.2, -0.15) is 0 Å². The average Bonchev–Trinajstić information content (AvgIpc) is 3.21. The normalized spacial score (nSPS) is 15.8. The molecule has 2 aromatic carbocycles. The van der Waals surface area contributed by atoms with Crippen LogP contribution in [0.15, 0.2) is 72.9 Å². The van der Waals surface area contributed by atoms with E-state index in [1.54, 1.807) is 0 Å². The van der Waals surface area contributed by atoms with Gasteiger partial charge in [-0.15, -0.1) is 0 Å². The number of fused-ring (bicyclic) bond motifs is 1. The summed E-state index contributed by atoms with van der Waals surface area (Å²) in [6.07, 6.45) is 8.24. The van der Waals surface area contributed by atoms with E-state index in [4.69, 9.17) is 4.74 Å². The Labute approximate surface area is 191 Å². The van der Waals surface area contributed by atoms with Crippen molar-refractivity contribution in [3.05, 3.63) is 89.7 Å². The molecule has 1 aromatic heterocycles. The average molecular weight is 431 g/mol. The molecule has 0 radical (unpaired) electrons. The van der Waals surface area contributed by atoms with Gasteiger partial charge in [-0.3, -0.25) is 4.79 Å². The van der Waals surface area contributed by atoms with E-state index < -0.39 is 0 Å². The highest BCUT2D eigenvalue weighted by Crippen LogP contribution is 2.33. The Hall–Kier alpha value is -3.01. The number of benzene rings is 2. The van der Waals surface area contributed by atoms with Gasteiger partial charge < -0.3 is 14.2 Å². The summed E-state index contributed by atoms with van der Waals surface area (Å²) in [4.78, 5) is 15.3. The van der Waals surface area contributed by atoms with E-state index in [0.717, 1.165) is 49.2 Å². The quantitative estimate of drug-likeness (QED) is 0.370. The molecule has 4 heteroatoms. The summed E-state index contributed by atoms with van der Waals surface area (Å²) in [5, 5.41) is 0. The SMILES string of the molecule is CCCCCCC(=O)N1CCCn2cccc2[C@@H]1c1ccc(OCc2ccccc2)cc1. The maximum Gasteiger partial charge on any atom is 0.223 e. The van der Waals surface area contributed by atoms with Crippen LogP contribution in [-0.2, 0) is 17.9 Å². The zero-order chi connectivity index (χ0) is 22.2. The first-order valence-corrected chi connectivity index (χ1v) is 12.0. The Morgan fingerprint density at radius 3 is 2.53 bits per heavy atom. The first kappa shape index (κ1) is 22.2. The zero-order valence-electron chi connectivity index (χ0n) is 19.1. The molecule has 168 valence electrons. The van der Waals surface area contributed by atoms with Crippen LogP contribution in [0, 0.1) is 0 Å². The maximum atomic E-state index is 13.2. The fraction of sp³-hybridized carbons (Fsp3) is 0.393. The number of hydrogen-bond donors (Lipinski definition) is 0. The van der Waals surface area contributed by atoms with E-state index in [-0.39, 0.29) is 11.9 Å². The van der Waals surface area contributed by atoms with E-state index in [1.807, 2.05) is 30.3 Å². The summed E-state index contributed by atoms with van der Waals surface area (Å²) < 4.78 is 8.28. The van der Waals surface area contributed by atoms with Gasteiger partial charge >= 0.3 is 0 Å². The lowest BCUT2D eigenvalue weighted by Crippen LogP contribution is -2.35. The molecule has 0 N–H and O–H groups in total. The monoisotopic (exact) mass is 430 g/mol. The molecule has 0 spiro atoms. The second-order valence-corrected chi connectivity index (χ2v) is 8.62. The topological polar surface area (TPSA) is 34.5 Å². The van der Waals surface area contributed by atoms with Crippen LogP contribution in [0.4, 0.5) is 0 Å². The van der Waals surface area contributed by atoms with Crippen molar-refractivity contribution in [3.63, 3.8) is 0 Å². The predicted molar refractivity (Wildman–Crippen MR) is 129 cm³/mol. The third-order valence-electron chi connectivity index (χ3n) is 6.26. The van der Waals surface area contributed by atoms with Crippen LogP contribution in [-0.4, -0.2) is 21.9 Å². The van der Waals surface area contributed by atoms with Crippen LogP contribution < -0.4 is 4.74 Å². The summed E-state index contributed by atoms with van der Waals surface area (Å²) in [5.74, 6) is 1.12. The van der Waals surface area contributed by atoms with Gasteiger partial charge in [0.2, 0.25) is 5.91 Å². The van der Waals surface area contributed by atoms with Crippen molar-refractivity contribution in [1.82, 2.24) is 9.47 Å². The number of aryl methyl sites for hydroxylation is 1. The minimum atomic E-state index is -0.0469. The molecule has 4 rings (SSSR count). The zero-order valence-corrected chi connectivity index (χ0v) is 19.1. The maximum absolute atomic E-state index is 13.2. The number of carbonyl (C=O) groups excluding carboxylic acids is 1. The third kappa shape index (κ3) is 5.42.